The zero-order valence-corrected chi connectivity index (χ0v) is 17.0. The Labute approximate surface area is 182 Å². The van der Waals surface area contributed by atoms with Crippen LogP contribution in [0.15, 0.2) is 54.6 Å². The first kappa shape index (κ1) is 20.7. The van der Waals surface area contributed by atoms with Crippen LogP contribution in [0, 0.1) is 15.9 Å². The van der Waals surface area contributed by atoms with Gasteiger partial charge in [0.05, 0.1) is 21.2 Å². The minimum absolute atomic E-state index is 0.118. The van der Waals surface area contributed by atoms with Crippen LogP contribution in [-0.2, 0) is 0 Å². The number of piperazine rings is 1. The Kier molecular flexibility index (Phi) is 5.77. The summed E-state index contributed by atoms with van der Waals surface area (Å²) in [6.07, 6.45) is 0. The highest BCUT2D eigenvalue weighted by Gasteiger charge is 2.26. The second-order valence-electron chi connectivity index (χ2n) is 6.98. The number of hydrogen-bond acceptors (Lipinski definition) is 6. The average Bonchev–Trinajstić information content (AvgIpc) is 2.79. The van der Waals surface area contributed by atoms with Crippen LogP contribution in [0.3, 0.4) is 0 Å². The molecule has 31 heavy (non-hydrogen) atoms. The predicted octanol–water partition coefficient (Wildman–Crippen LogP) is 3.81. The van der Waals surface area contributed by atoms with E-state index in [1.807, 2.05) is 17.0 Å². The molecule has 10 heteroatoms. The molecule has 158 valence electrons. The molecule has 0 aliphatic carbocycles. The highest BCUT2D eigenvalue weighted by Crippen LogP contribution is 2.25. The Balaban J connectivity index is 1.42. The van der Waals surface area contributed by atoms with Crippen molar-refractivity contribution in [2.45, 2.75) is 0 Å². The number of nitro benzene ring substituents is 1. The molecule has 1 aliphatic rings. The maximum atomic E-state index is 13.1. The van der Waals surface area contributed by atoms with Crippen molar-refractivity contribution in [3.63, 3.8) is 0 Å². The van der Waals surface area contributed by atoms with Crippen LogP contribution in [0.1, 0.15) is 10.4 Å². The molecular formula is C21H17ClFN5O3. The van der Waals surface area contributed by atoms with Crippen molar-refractivity contribution in [3.8, 4) is 11.3 Å². The first-order chi connectivity index (χ1) is 14.9. The van der Waals surface area contributed by atoms with E-state index in [1.165, 1.54) is 30.3 Å². The first-order valence-electron chi connectivity index (χ1n) is 9.50. The fourth-order valence-electron chi connectivity index (χ4n) is 3.37. The maximum absolute atomic E-state index is 13.1. The molecular weight excluding hydrogens is 425 g/mol. The molecule has 2 aromatic carbocycles. The minimum Gasteiger partial charge on any atom is -0.352 e. The summed E-state index contributed by atoms with van der Waals surface area (Å²) in [5, 5.41) is 19.6. The SMILES string of the molecule is O=C(c1cc([N+](=O)[O-])ccc1Cl)N1CCN(c2ccc(-c3ccc(F)cc3)nn2)CC1. The van der Waals surface area contributed by atoms with Crippen LogP contribution < -0.4 is 4.90 Å². The molecule has 0 atom stereocenters. The van der Waals surface area contributed by atoms with Crippen molar-refractivity contribution in [2.24, 2.45) is 0 Å². The lowest BCUT2D eigenvalue weighted by atomic mass is 10.1. The van der Waals surface area contributed by atoms with E-state index in [2.05, 4.69) is 10.2 Å². The van der Waals surface area contributed by atoms with Crippen LogP contribution in [0.2, 0.25) is 5.02 Å². The minimum atomic E-state index is -0.556. The standard InChI is InChI=1S/C21H17ClFN5O3/c22-18-6-5-16(28(30)31)13-17(18)21(29)27-11-9-26(10-12-27)20-8-7-19(24-25-20)14-1-3-15(23)4-2-14/h1-8,13H,9-12H2. The summed E-state index contributed by atoms with van der Waals surface area (Å²) in [5.74, 6) is 0.0181. The second kappa shape index (κ2) is 8.65. The fraction of sp³-hybridized carbons (Fsp3) is 0.190. The van der Waals surface area contributed by atoms with Gasteiger partial charge in [0.2, 0.25) is 0 Å². The van der Waals surface area contributed by atoms with E-state index in [0.717, 1.165) is 5.56 Å². The normalized spacial score (nSPS) is 13.9. The van der Waals surface area contributed by atoms with Gasteiger partial charge in [-0.25, -0.2) is 4.39 Å². The van der Waals surface area contributed by atoms with E-state index in [9.17, 15) is 19.3 Å². The molecule has 1 saturated heterocycles. The molecule has 3 aromatic rings. The summed E-state index contributed by atoms with van der Waals surface area (Å²) >= 11 is 6.09. The number of benzene rings is 2. The number of nitro groups is 1. The number of anilines is 1. The Morgan fingerprint density at radius 1 is 1.00 bits per heavy atom. The highest BCUT2D eigenvalue weighted by molar-refractivity contribution is 6.33. The van der Waals surface area contributed by atoms with Crippen molar-refractivity contribution in [1.82, 2.24) is 15.1 Å². The number of carbonyl (C=O) groups excluding carboxylic acids is 1. The molecule has 1 aliphatic heterocycles. The van der Waals surface area contributed by atoms with Gasteiger partial charge in [-0.05, 0) is 42.5 Å². The molecule has 2 heterocycles. The molecule has 0 bridgehead atoms. The van der Waals surface area contributed by atoms with Crippen molar-refractivity contribution in [3.05, 3.63) is 81.1 Å². The lowest BCUT2D eigenvalue weighted by Gasteiger charge is -2.35. The van der Waals surface area contributed by atoms with Crippen LogP contribution >= 0.6 is 11.6 Å². The molecule has 0 N–H and O–H groups in total. The van der Waals surface area contributed by atoms with Gasteiger partial charge in [0.1, 0.15) is 5.82 Å². The van der Waals surface area contributed by atoms with Crippen molar-refractivity contribution in [2.75, 3.05) is 31.1 Å². The number of hydrogen-bond donors (Lipinski definition) is 0. The van der Waals surface area contributed by atoms with Gasteiger partial charge >= 0.3 is 0 Å². The van der Waals surface area contributed by atoms with Crippen LogP contribution in [0.4, 0.5) is 15.9 Å². The number of carbonyl (C=O) groups is 1. The average molecular weight is 442 g/mol. The molecule has 0 saturated carbocycles. The summed E-state index contributed by atoms with van der Waals surface area (Å²) < 4.78 is 13.1. The smallest absolute Gasteiger partial charge is 0.270 e. The van der Waals surface area contributed by atoms with Gasteiger partial charge in [-0.1, -0.05) is 11.6 Å². The van der Waals surface area contributed by atoms with E-state index in [4.69, 9.17) is 11.6 Å². The summed E-state index contributed by atoms with van der Waals surface area (Å²) in [7, 11) is 0. The monoisotopic (exact) mass is 441 g/mol. The summed E-state index contributed by atoms with van der Waals surface area (Å²) in [6.45, 7) is 1.89. The van der Waals surface area contributed by atoms with Crippen molar-refractivity contribution >= 4 is 29.0 Å². The molecule has 0 radical (unpaired) electrons. The van der Waals surface area contributed by atoms with E-state index >= 15 is 0 Å². The van der Waals surface area contributed by atoms with E-state index < -0.39 is 4.92 Å². The van der Waals surface area contributed by atoms with E-state index in [-0.39, 0.29) is 28.0 Å². The van der Waals surface area contributed by atoms with Crippen LogP contribution in [0.25, 0.3) is 11.3 Å². The Bertz CT molecular complexity index is 1120. The van der Waals surface area contributed by atoms with Gasteiger partial charge in [-0.3, -0.25) is 14.9 Å². The molecule has 1 amide bonds. The third-order valence-electron chi connectivity index (χ3n) is 5.07. The van der Waals surface area contributed by atoms with Gasteiger partial charge in [-0.15, -0.1) is 10.2 Å². The second-order valence-corrected chi connectivity index (χ2v) is 7.39. The third kappa shape index (κ3) is 4.46. The fourth-order valence-corrected chi connectivity index (χ4v) is 3.57. The number of nitrogens with zero attached hydrogens (tertiary/aromatic N) is 5. The molecule has 0 spiro atoms. The Morgan fingerprint density at radius 3 is 2.32 bits per heavy atom. The zero-order chi connectivity index (χ0) is 22.0. The Morgan fingerprint density at radius 2 is 1.71 bits per heavy atom. The molecule has 4 rings (SSSR count). The number of aromatic nitrogens is 2. The van der Waals surface area contributed by atoms with Gasteiger partial charge < -0.3 is 9.80 Å². The van der Waals surface area contributed by atoms with Gasteiger partial charge in [0.15, 0.2) is 5.82 Å². The third-order valence-corrected chi connectivity index (χ3v) is 5.40. The molecule has 1 aromatic heterocycles. The highest BCUT2D eigenvalue weighted by atomic mass is 35.5. The van der Waals surface area contributed by atoms with Gasteiger partial charge in [-0.2, -0.15) is 0 Å². The van der Waals surface area contributed by atoms with Crippen LogP contribution in [0.5, 0.6) is 0 Å². The quantitative estimate of drug-likeness (QED) is 0.451. The largest absolute Gasteiger partial charge is 0.352 e. The zero-order valence-electron chi connectivity index (χ0n) is 16.2. The maximum Gasteiger partial charge on any atom is 0.270 e. The van der Waals surface area contributed by atoms with Crippen LogP contribution in [-0.4, -0.2) is 52.1 Å². The molecule has 1 fully saturated rings. The molecule has 8 nitrogen and oxygen atoms in total. The van der Waals surface area contributed by atoms with E-state index in [1.54, 1.807) is 17.0 Å². The lowest BCUT2D eigenvalue weighted by molar-refractivity contribution is -0.384. The topological polar surface area (TPSA) is 92.5 Å². The van der Waals surface area contributed by atoms with Gasteiger partial charge in [0, 0.05) is 43.9 Å². The number of halogens is 2. The molecule has 0 unspecified atom stereocenters. The number of non-ortho nitro benzene ring substituents is 1. The Hall–Kier alpha value is -3.59. The summed E-state index contributed by atoms with van der Waals surface area (Å²) in [6, 6.07) is 13.5. The van der Waals surface area contributed by atoms with E-state index in [0.29, 0.717) is 37.7 Å². The van der Waals surface area contributed by atoms with Crippen molar-refractivity contribution < 1.29 is 14.1 Å². The predicted molar refractivity (Wildman–Crippen MR) is 114 cm³/mol. The van der Waals surface area contributed by atoms with Gasteiger partial charge in [0.25, 0.3) is 11.6 Å². The number of amides is 1. The van der Waals surface area contributed by atoms with Crippen molar-refractivity contribution in [1.29, 1.82) is 0 Å². The summed E-state index contributed by atoms with van der Waals surface area (Å²) in [5.41, 5.74) is 1.35. The summed E-state index contributed by atoms with van der Waals surface area (Å²) in [4.78, 5) is 26.9. The lowest BCUT2D eigenvalue weighted by Crippen LogP contribution is -2.49. The number of rotatable bonds is 4. The first-order valence-corrected chi connectivity index (χ1v) is 9.88.